The number of para-hydroxylation sites is 1. The Bertz CT molecular complexity index is 627. The number of nitrogens with zero attached hydrogens (tertiary/aromatic N) is 1. The summed E-state index contributed by atoms with van der Waals surface area (Å²) in [4.78, 5) is 8.16. The zero-order chi connectivity index (χ0) is 15.9. The number of nitrogens with one attached hydrogen (secondary N) is 3. The van der Waals surface area contributed by atoms with Crippen molar-refractivity contribution < 1.29 is 0 Å². The fourth-order valence-corrected chi connectivity index (χ4v) is 2.59. The van der Waals surface area contributed by atoms with E-state index in [9.17, 15) is 0 Å². The van der Waals surface area contributed by atoms with Gasteiger partial charge in [-0.05, 0) is 45.2 Å². The predicted molar refractivity (Wildman–Crippen MR) is 95.6 cm³/mol. The van der Waals surface area contributed by atoms with Gasteiger partial charge in [-0.1, -0.05) is 25.1 Å². The molecule has 2 aromatic rings. The van der Waals surface area contributed by atoms with Crippen LogP contribution in [0.5, 0.6) is 0 Å². The summed E-state index contributed by atoms with van der Waals surface area (Å²) in [5.41, 5.74) is 3.83. The standard InChI is InChI=1S/C18H28N4/c1-5-13(3)21-18(19-6-2)20-12-11-15-14(4)22-17-10-8-7-9-16(15)17/h7-10,13,22H,5-6,11-12H2,1-4H3,(H2,19,20,21). The van der Waals surface area contributed by atoms with Gasteiger partial charge in [0, 0.05) is 35.7 Å². The lowest BCUT2D eigenvalue weighted by Crippen LogP contribution is -2.42. The second-order valence-corrected chi connectivity index (χ2v) is 5.74. The minimum Gasteiger partial charge on any atom is -0.358 e. The Morgan fingerprint density at radius 1 is 1.27 bits per heavy atom. The average Bonchev–Trinajstić information content (AvgIpc) is 2.83. The van der Waals surface area contributed by atoms with E-state index in [0.29, 0.717) is 6.04 Å². The maximum absolute atomic E-state index is 4.70. The molecular weight excluding hydrogens is 272 g/mol. The number of aromatic amines is 1. The molecule has 0 spiro atoms. The van der Waals surface area contributed by atoms with Gasteiger partial charge in [-0.2, -0.15) is 0 Å². The van der Waals surface area contributed by atoms with E-state index in [1.165, 1.54) is 22.2 Å². The molecule has 3 N–H and O–H groups in total. The molecule has 0 fully saturated rings. The number of hydrogen-bond acceptors (Lipinski definition) is 1. The fraction of sp³-hybridized carbons (Fsp3) is 0.500. The van der Waals surface area contributed by atoms with Gasteiger partial charge in [-0.25, -0.2) is 0 Å². The van der Waals surface area contributed by atoms with Crippen LogP contribution in [0.3, 0.4) is 0 Å². The molecule has 22 heavy (non-hydrogen) atoms. The van der Waals surface area contributed by atoms with Gasteiger partial charge in [0.15, 0.2) is 5.96 Å². The van der Waals surface area contributed by atoms with Crippen LogP contribution in [0.25, 0.3) is 10.9 Å². The molecule has 1 aromatic heterocycles. The molecule has 1 heterocycles. The van der Waals surface area contributed by atoms with Crippen LogP contribution in [-0.2, 0) is 6.42 Å². The average molecular weight is 300 g/mol. The van der Waals surface area contributed by atoms with Gasteiger partial charge in [-0.15, -0.1) is 0 Å². The molecular formula is C18H28N4. The van der Waals surface area contributed by atoms with E-state index in [1.54, 1.807) is 0 Å². The van der Waals surface area contributed by atoms with Crippen LogP contribution in [-0.4, -0.2) is 30.1 Å². The minimum absolute atomic E-state index is 0.438. The first-order valence-corrected chi connectivity index (χ1v) is 8.26. The number of aromatic nitrogens is 1. The van der Waals surface area contributed by atoms with Gasteiger partial charge in [0.2, 0.25) is 0 Å². The Labute approximate surface area is 133 Å². The quantitative estimate of drug-likeness (QED) is 0.566. The van der Waals surface area contributed by atoms with Crippen molar-refractivity contribution in [2.45, 2.75) is 46.6 Å². The number of aryl methyl sites for hydroxylation is 1. The molecule has 0 aliphatic rings. The normalized spacial score (nSPS) is 13.4. The molecule has 0 radical (unpaired) electrons. The van der Waals surface area contributed by atoms with Crippen molar-refractivity contribution >= 4 is 16.9 Å². The van der Waals surface area contributed by atoms with Gasteiger partial charge in [-0.3, -0.25) is 4.99 Å². The summed E-state index contributed by atoms with van der Waals surface area (Å²) in [6.45, 7) is 10.3. The molecule has 0 bridgehead atoms. The van der Waals surface area contributed by atoms with Gasteiger partial charge < -0.3 is 15.6 Å². The topological polar surface area (TPSA) is 52.2 Å². The Morgan fingerprint density at radius 3 is 2.77 bits per heavy atom. The Hall–Kier alpha value is -1.97. The number of aliphatic imine (C=N–C) groups is 1. The molecule has 4 heteroatoms. The largest absolute Gasteiger partial charge is 0.358 e. The molecule has 4 nitrogen and oxygen atoms in total. The van der Waals surface area contributed by atoms with Gasteiger partial charge in [0.1, 0.15) is 0 Å². The van der Waals surface area contributed by atoms with Crippen molar-refractivity contribution in [1.29, 1.82) is 0 Å². The summed E-state index contributed by atoms with van der Waals surface area (Å²) in [5.74, 6) is 0.911. The Morgan fingerprint density at radius 2 is 2.05 bits per heavy atom. The number of fused-ring (bicyclic) bond motifs is 1. The van der Waals surface area contributed by atoms with E-state index in [2.05, 4.69) is 67.6 Å². The molecule has 0 saturated carbocycles. The lowest BCUT2D eigenvalue weighted by molar-refractivity contribution is 0.624. The molecule has 0 amide bonds. The molecule has 120 valence electrons. The first-order valence-electron chi connectivity index (χ1n) is 8.26. The third kappa shape index (κ3) is 4.03. The molecule has 2 rings (SSSR count). The number of hydrogen-bond donors (Lipinski definition) is 3. The van der Waals surface area contributed by atoms with E-state index < -0.39 is 0 Å². The van der Waals surface area contributed by atoms with Crippen LogP contribution in [0.15, 0.2) is 29.3 Å². The summed E-state index contributed by atoms with van der Waals surface area (Å²) in [5, 5.41) is 8.06. The number of benzene rings is 1. The molecule has 1 aromatic carbocycles. The second-order valence-electron chi connectivity index (χ2n) is 5.74. The van der Waals surface area contributed by atoms with Gasteiger partial charge >= 0.3 is 0 Å². The van der Waals surface area contributed by atoms with E-state index in [1.807, 2.05) is 0 Å². The smallest absolute Gasteiger partial charge is 0.191 e. The highest BCUT2D eigenvalue weighted by Crippen LogP contribution is 2.22. The molecule has 0 saturated heterocycles. The molecule has 1 atom stereocenters. The number of rotatable bonds is 6. The highest BCUT2D eigenvalue weighted by molar-refractivity contribution is 5.84. The van der Waals surface area contributed by atoms with Crippen molar-refractivity contribution in [2.24, 2.45) is 4.99 Å². The van der Waals surface area contributed by atoms with Crippen LogP contribution >= 0.6 is 0 Å². The third-order valence-electron chi connectivity index (χ3n) is 4.00. The summed E-state index contributed by atoms with van der Waals surface area (Å²) in [7, 11) is 0. The van der Waals surface area contributed by atoms with E-state index in [-0.39, 0.29) is 0 Å². The highest BCUT2D eigenvalue weighted by Gasteiger charge is 2.07. The predicted octanol–water partition coefficient (Wildman–Crippen LogP) is 3.37. The molecule has 1 unspecified atom stereocenters. The molecule has 0 aliphatic carbocycles. The first kappa shape index (κ1) is 16.4. The lowest BCUT2D eigenvalue weighted by atomic mass is 10.1. The van der Waals surface area contributed by atoms with E-state index >= 15 is 0 Å². The fourth-order valence-electron chi connectivity index (χ4n) is 2.59. The second kappa shape index (κ2) is 7.87. The molecule has 0 aliphatic heterocycles. The van der Waals surface area contributed by atoms with Gasteiger partial charge in [0.05, 0.1) is 0 Å². The maximum atomic E-state index is 4.70. The van der Waals surface area contributed by atoms with Crippen molar-refractivity contribution in [3.05, 3.63) is 35.5 Å². The zero-order valence-corrected chi connectivity index (χ0v) is 14.2. The number of guanidine groups is 1. The van der Waals surface area contributed by atoms with Gasteiger partial charge in [0.25, 0.3) is 0 Å². The number of H-pyrrole nitrogens is 1. The Balaban J connectivity index is 2.06. The van der Waals surface area contributed by atoms with Crippen LogP contribution in [0.2, 0.25) is 0 Å². The summed E-state index contributed by atoms with van der Waals surface area (Å²) >= 11 is 0. The van der Waals surface area contributed by atoms with Crippen molar-refractivity contribution in [3.8, 4) is 0 Å². The van der Waals surface area contributed by atoms with Crippen molar-refractivity contribution in [1.82, 2.24) is 15.6 Å². The summed E-state index contributed by atoms with van der Waals surface area (Å²) < 4.78 is 0. The zero-order valence-electron chi connectivity index (χ0n) is 14.2. The van der Waals surface area contributed by atoms with Crippen LogP contribution in [0.4, 0.5) is 0 Å². The van der Waals surface area contributed by atoms with Crippen molar-refractivity contribution in [2.75, 3.05) is 13.1 Å². The van der Waals surface area contributed by atoms with Crippen LogP contribution in [0, 0.1) is 6.92 Å². The SMILES string of the molecule is CCNC(=NCCc1c(C)[nH]c2ccccc12)NC(C)CC. The Kier molecular flexibility index (Phi) is 5.87. The van der Waals surface area contributed by atoms with E-state index in [4.69, 9.17) is 4.99 Å². The summed E-state index contributed by atoms with van der Waals surface area (Å²) in [6.07, 6.45) is 2.04. The highest BCUT2D eigenvalue weighted by atomic mass is 15.2. The lowest BCUT2D eigenvalue weighted by Gasteiger charge is -2.16. The minimum atomic E-state index is 0.438. The first-order chi connectivity index (χ1) is 10.7. The van der Waals surface area contributed by atoms with E-state index in [0.717, 1.165) is 31.9 Å². The maximum Gasteiger partial charge on any atom is 0.191 e. The van der Waals surface area contributed by atoms with Crippen molar-refractivity contribution in [3.63, 3.8) is 0 Å². The monoisotopic (exact) mass is 300 g/mol. The summed E-state index contributed by atoms with van der Waals surface area (Å²) in [6, 6.07) is 8.91. The van der Waals surface area contributed by atoms with Crippen LogP contribution in [0.1, 0.15) is 38.4 Å². The van der Waals surface area contributed by atoms with Crippen LogP contribution < -0.4 is 10.6 Å². The third-order valence-corrected chi connectivity index (χ3v) is 4.00.